The number of rotatable bonds is 2. The van der Waals surface area contributed by atoms with E-state index in [0.717, 1.165) is 6.08 Å². The fourth-order valence-corrected chi connectivity index (χ4v) is 4.07. The van der Waals surface area contributed by atoms with E-state index in [1.165, 1.54) is 12.1 Å². The topological polar surface area (TPSA) is 109 Å². The zero-order valence-corrected chi connectivity index (χ0v) is 10.6. The lowest BCUT2D eigenvalue weighted by Gasteiger charge is -2.24. The Morgan fingerprint density at radius 1 is 0.944 bits per heavy atom. The van der Waals surface area contributed by atoms with Crippen molar-refractivity contribution in [3.63, 3.8) is 0 Å². The van der Waals surface area contributed by atoms with E-state index in [1.54, 1.807) is 18.2 Å². The normalized spacial score (nSPS) is 18.3. The molecule has 0 atom stereocenters. The molecule has 0 aliphatic heterocycles. The molecular formula is C10H10O6S2. The highest BCUT2D eigenvalue weighted by Crippen LogP contribution is 2.30. The third kappa shape index (κ3) is 1.87. The fraction of sp³-hybridized carbons (Fsp3) is 0.200. The van der Waals surface area contributed by atoms with Crippen molar-refractivity contribution >= 4 is 32.4 Å². The van der Waals surface area contributed by atoms with Gasteiger partial charge in [-0.15, -0.1) is 0 Å². The van der Waals surface area contributed by atoms with Gasteiger partial charge in [0.05, 0.1) is 0 Å². The monoisotopic (exact) mass is 290 g/mol. The highest BCUT2D eigenvalue weighted by atomic mass is 32.3. The van der Waals surface area contributed by atoms with Gasteiger partial charge >= 0.3 is 0 Å². The van der Waals surface area contributed by atoms with Crippen molar-refractivity contribution in [1.29, 1.82) is 0 Å². The van der Waals surface area contributed by atoms with Gasteiger partial charge in [0.15, 0.2) is 0 Å². The molecule has 0 bridgehead atoms. The van der Waals surface area contributed by atoms with Gasteiger partial charge in [-0.05, 0) is 16.5 Å². The molecule has 1 aromatic carbocycles. The van der Waals surface area contributed by atoms with Crippen LogP contribution in [0.2, 0.25) is 0 Å². The van der Waals surface area contributed by atoms with Crippen LogP contribution in [0.5, 0.6) is 0 Å². The summed E-state index contributed by atoms with van der Waals surface area (Å²) in [7, 11) is -10.0. The fourth-order valence-electron chi connectivity index (χ4n) is 1.87. The molecule has 0 spiro atoms. The predicted octanol–water partition coefficient (Wildman–Crippen LogP) is -0.877. The summed E-state index contributed by atoms with van der Waals surface area (Å²) in [5.74, 6) is 0. The molecule has 0 saturated carbocycles. The summed E-state index contributed by atoms with van der Waals surface area (Å²) < 4.78 is 60.9. The van der Waals surface area contributed by atoms with Gasteiger partial charge in [-0.1, -0.05) is 30.3 Å². The average Bonchev–Trinajstić information content (AvgIpc) is 2.25. The van der Waals surface area contributed by atoms with Gasteiger partial charge in [-0.25, -0.2) is 0 Å². The Morgan fingerprint density at radius 3 is 1.94 bits per heavy atom. The van der Waals surface area contributed by atoms with Crippen LogP contribution in [0, 0.1) is 0 Å². The Bertz CT molecular complexity index is 772. The summed E-state index contributed by atoms with van der Waals surface area (Å²) in [6, 6.07) is 6.46. The van der Waals surface area contributed by atoms with E-state index in [1.807, 2.05) is 0 Å². The molecule has 1 aliphatic carbocycles. The minimum Gasteiger partial charge on any atom is -0.284 e. The maximum Gasteiger partial charge on any atom is 0.291 e. The van der Waals surface area contributed by atoms with Crippen LogP contribution in [0.15, 0.2) is 24.3 Å². The van der Waals surface area contributed by atoms with Gasteiger partial charge in [0.25, 0.3) is 20.2 Å². The molecule has 0 saturated heterocycles. The number of hydrogen-bond acceptors (Lipinski definition) is 4. The van der Waals surface area contributed by atoms with Crippen molar-refractivity contribution in [1.82, 2.24) is 0 Å². The van der Waals surface area contributed by atoms with Crippen LogP contribution in [0.25, 0.3) is 12.2 Å². The van der Waals surface area contributed by atoms with Gasteiger partial charge in [-0.3, -0.25) is 9.11 Å². The van der Waals surface area contributed by atoms with E-state index >= 15 is 0 Å². The van der Waals surface area contributed by atoms with Crippen LogP contribution < -0.4 is 10.4 Å². The largest absolute Gasteiger partial charge is 0.291 e. The molecule has 0 fully saturated rings. The smallest absolute Gasteiger partial charge is 0.284 e. The lowest BCUT2D eigenvalue weighted by molar-refractivity contribution is 0.443. The maximum atomic E-state index is 11.3. The third-order valence-corrected chi connectivity index (χ3v) is 6.43. The zero-order chi connectivity index (χ0) is 13.6. The first kappa shape index (κ1) is 13.2. The van der Waals surface area contributed by atoms with Crippen molar-refractivity contribution in [2.45, 2.75) is 10.5 Å². The molecule has 0 heterocycles. The Kier molecular flexibility index (Phi) is 2.85. The molecule has 18 heavy (non-hydrogen) atoms. The SMILES string of the molecule is O=S(=O)(O)C1(S(=O)(=O)O)C=c2ccccc2=CC1. The first-order valence-electron chi connectivity index (χ1n) is 4.90. The van der Waals surface area contributed by atoms with E-state index in [9.17, 15) is 16.8 Å². The van der Waals surface area contributed by atoms with Gasteiger partial charge in [-0.2, -0.15) is 16.8 Å². The van der Waals surface area contributed by atoms with E-state index in [-0.39, 0.29) is 0 Å². The van der Waals surface area contributed by atoms with E-state index in [2.05, 4.69) is 0 Å². The Labute approximate surface area is 104 Å². The summed E-state index contributed by atoms with van der Waals surface area (Å²) in [6.07, 6.45) is 1.66. The van der Waals surface area contributed by atoms with Gasteiger partial charge < -0.3 is 0 Å². The molecule has 0 radical (unpaired) electrons. The number of fused-ring (bicyclic) bond motifs is 1. The van der Waals surface area contributed by atoms with E-state index in [4.69, 9.17) is 9.11 Å². The first-order valence-corrected chi connectivity index (χ1v) is 7.78. The first-order chi connectivity index (χ1) is 8.17. The molecule has 0 unspecified atom stereocenters. The van der Waals surface area contributed by atoms with Crippen LogP contribution in [0.3, 0.4) is 0 Å². The highest BCUT2D eigenvalue weighted by molar-refractivity contribution is 8.06. The molecule has 1 aliphatic rings. The van der Waals surface area contributed by atoms with Gasteiger partial charge in [0.1, 0.15) is 0 Å². The van der Waals surface area contributed by atoms with Crippen LogP contribution >= 0.6 is 0 Å². The molecule has 2 rings (SSSR count). The Hall–Kier alpha value is -1.22. The molecule has 1 aromatic rings. The Morgan fingerprint density at radius 2 is 1.44 bits per heavy atom. The van der Waals surface area contributed by atoms with Crippen molar-refractivity contribution in [2.24, 2.45) is 0 Å². The standard InChI is InChI=1S/C10H10O6S2/c11-17(12,13)10(18(14,15)16)6-5-8-3-1-2-4-9(8)7-10/h1-5,7H,6H2,(H,11,12,13)(H,14,15,16). The van der Waals surface area contributed by atoms with Crippen LogP contribution in [0.1, 0.15) is 6.42 Å². The molecule has 8 heteroatoms. The number of hydrogen-bond donors (Lipinski definition) is 2. The van der Waals surface area contributed by atoms with E-state index in [0.29, 0.717) is 10.4 Å². The van der Waals surface area contributed by atoms with E-state index < -0.39 is 30.7 Å². The summed E-state index contributed by atoms with van der Waals surface area (Å²) in [4.78, 5) is 0. The molecule has 6 nitrogen and oxygen atoms in total. The second kappa shape index (κ2) is 3.89. The van der Waals surface area contributed by atoms with Crippen LogP contribution in [-0.4, -0.2) is 30.0 Å². The van der Waals surface area contributed by atoms with Gasteiger partial charge in [0.2, 0.25) is 4.08 Å². The van der Waals surface area contributed by atoms with Crippen molar-refractivity contribution < 1.29 is 25.9 Å². The zero-order valence-electron chi connectivity index (χ0n) is 9.02. The number of benzene rings is 1. The second-order valence-electron chi connectivity index (χ2n) is 3.94. The lowest BCUT2D eigenvalue weighted by Crippen LogP contribution is -2.48. The quantitative estimate of drug-likeness (QED) is 0.685. The van der Waals surface area contributed by atoms with Gasteiger partial charge in [0, 0.05) is 6.42 Å². The summed E-state index contributed by atoms with van der Waals surface area (Å²) in [5, 5.41) is 0.958. The average molecular weight is 290 g/mol. The minimum absolute atomic E-state index is 0.319. The summed E-state index contributed by atoms with van der Waals surface area (Å²) in [6.45, 7) is 0. The highest BCUT2D eigenvalue weighted by Gasteiger charge is 2.52. The third-order valence-electron chi connectivity index (χ3n) is 2.85. The molecular weight excluding hydrogens is 280 g/mol. The molecule has 0 amide bonds. The maximum absolute atomic E-state index is 11.3. The van der Waals surface area contributed by atoms with Crippen molar-refractivity contribution in [3.8, 4) is 0 Å². The van der Waals surface area contributed by atoms with Crippen LogP contribution in [-0.2, 0) is 20.2 Å². The lowest BCUT2D eigenvalue weighted by atomic mass is 10.1. The second-order valence-corrected chi connectivity index (χ2v) is 7.56. The molecule has 2 N–H and O–H groups in total. The molecule has 0 aromatic heterocycles. The van der Waals surface area contributed by atoms with Crippen LogP contribution in [0.4, 0.5) is 0 Å². The molecule has 98 valence electrons. The minimum atomic E-state index is -5.01. The van der Waals surface area contributed by atoms with Crippen molar-refractivity contribution in [2.75, 3.05) is 0 Å². The predicted molar refractivity (Wildman–Crippen MR) is 65.1 cm³/mol. The summed E-state index contributed by atoms with van der Waals surface area (Å²) >= 11 is 0. The van der Waals surface area contributed by atoms with Crippen molar-refractivity contribution in [3.05, 3.63) is 34.7 Å². The summed E-state index contributed by atoms with van der Waals surface area (Å²) in [5.41, 5.74) is 0. The Balaban J connectivity index is 2.90.